The predicted molar refractivity (Wildman–Crippen MR) is 116 cm³/mol. The number of nitrogens with zero attached hydrogens (tertiary/aromatic N) is 6. The van der Waals surface area contributed by atoms with E-state index in [0.29, 0.717) is 49.5 Å². The number of morpholine rings is 1. The van der Waals surface area contributed by atoms with Gasteiger partial charge in [0.25, 0.3) is 5.91 Å². The summed E-state index contributed by atoms with van der Waals surface area (Å²) in [4.78, 5) is 28.3. The lowest BCUT2D eigenvalue weighted by atomic mass is 9.97. The Kier molecular flexibility index (Phi) is 7.03. The topological polar surface area (TPSA) is 119 Å². The van der Waals surface area contributed by atoms with Gasteiger partial charge in [-0.15, -0.1) is 11.3 Å². The van der Waals surface area contributed by atoms with E-state index in [0.717, 1.165) is 37.4 Å². The Balaban J connectivity index is 1.41. The van der Waals surface area contributed by atoms with Gasteiger partial charge < -0.3 is 10.1 Å². The number of aromatic nitrogens is 3. The Morgan fingerprint density at radius 3 is 2.97 bits per heavy atom. The summed E-state index contributed by atoms with van der Waals surface area (Å²) in [5, 5.41) is 16.4. The Labute approximate surface area is 185 Å². The molecule has 4 rings (SSSR count). The number of ether oxygens (including phenoxy) is 1. The van der Waals surface area contributed by atoms with Gasteiger partial charge in [-0.1, -0.05) is 0 Å². The predicted octanol–water partition coefficient (Wildman–Crippen LogP) is 1.67. The number of nitrogens with one attached hydrogen (secondary N) is 2. The van der Waals surface area contributed by atoms with Crippen LogP contribution >= 0.6 is 11.3 Å². The molecule has 0 unspecified atom stereocenters. The lowest BCUT2D eigenvalue weighted by molar-refractivity contribution is 0.0125. The molecule has 2 N–H and O–H groups in total. The SMILES string of the molecule is Cc1cc(Nc2nc(C(=O)NN3CCOCC3)cs2)nc([C@@H]2CCCN(CC#N)C2)n1. The summed E-state index contributed by atoms with van der Waals surface area (Å²) in [5.41, 5.74) is 4.10. The normalized spacial score (nSPS) is 20.2. The summed E-state index contributed by atoms with van der Waals surface area (Å²) in [6.45, 7) is 6.64. The first kappa shape index (κ1) is 21.6. The van der Waals surface area contributed by atoms with Crippen LogP contribution in [0.15, 0.2) is 11.4 Å². The van der Waals surface area contributed by atoms with Gasteiger partial charge in [0, 0.05) is 42.7 Å². The highest BCUT2D eigenvalue weighted by molar-refractivity contribution is 7.14. The Morgan fingerprint density at radius 1 is 1.32 bits per heavy atom. The van der Waals surface area contributed by atoms with Crippen LogP contribution in [0.25, 0.3) is 0 Å². The molecule has 31 heavy (non-hydrogen) atoms. The number of piperidine rings is 1. The summed E-state index contributed by atoms with van der Waals surface area (Å²) in [7, 11) is 0. The van der Waals surface area contributed by atoms with E-state index in [4.69, 9.17) is 15.0 Å². The van der Waals surface area contributed by atoms with Gasteiger partial charge >= 0.3 is 0 Å². The molecule has 0 saturated carbocycles. The molecule has 11 heteroatoms. The highest BCUT2D eigenvalue weighted by Crippen LogP contribution is 2.27. The Morgan fingerprint density at radius 2 is 2.16 bits per heavy atom. The van der Waals surface area contributed by atoms with Crippen molar-refractivity contribution < 1.29 is 9.53 Å². The summed E-state index contributed by atoms with van der Waals surface area (Å²) >= 11 is 1.36. The number of carbonyl (C=O) groups excluding carboxylic acids is 1. The van der Waals surface area contributed by atoms with Crippen molar-refractivity contribution in [3.05, 3.63) is 28.7 Å². The largest absolute Gasteiger partial charge is 0.379 e. The monoisotopic (exact) mass is 442 g/mol. The molecule has 2 fully saturated rings. The van der Waals surface area contributed by atoms with Gasteiger partial charge in [-0.25, -0.2) is 20.0 Å². The first-order valence-electron chi connectivity index (χ1n) is 10.4. The molecule has 2 aromatic heterocycles. The highest BCUT2D eigenvalue weighted by atomic mass is 32.1. The number of hydrogen-bond acceptors (Lipinski definition) is 10. The van der Waals surface area contributed by atoms with Gasteiger partial charge in [-0.05, 0) is 26.3 Å². The van der Waals surface area contributed by atoms with E-state index in [2.05, 4.69) is 31.7 Å². The molecule has 10 nitrogen and oxygen atoms in total. The number of amides is 1. The lowest BCUT2D eigenvalue weighted by Gasteiger charge is -2.30. The van der Waals surface area contributed by atoms with Crippen molar-refractivity contribution in [2.24, 2.45) is 0 Å². The van der Waals surface area contributed by atoms with E-state index in [1.807, 2.05) is 18.0 Å². The molecule has 0 aliphatic carbocycles. The molecule has 2 aromatic rings. The van der Waals surface area contributed by atoms with Gasteiger partial charge in [0.05, 0.1) is 25.8 Å². The zero-order chi connectivity index (χ0) is 21.6. The van der Waals surface area contributed by atoms with Crippen molar-refractivity contribution in [1.29, 1.82) is 5.26 Å². The second-order valence-electron chi connectivity index (χ2n) is 7.69. The summed E-state index contributed by atoms with van der Waals surface area (Å²) in [5.74, 6) is 1.42. The van der Waals surface area contributed by atoms with E-state index >= 15 is 0 Å². The van der Waals surface area contributed by atoms with Gasteiger partial charge in [0.2, 0.25) is 0 Å². The Bertz CT molecular complexity index is 953. The molecule has 0 bridgehead atoms. The van der Waals surface area contributed by atoms with E-state index in [1.165, 1.54) is 11.3 Å². The van der Waals surface area contributed by atoms with Crippen molar-refractivity contribution in [1.82, 2.24) is 30.3 Å². The molecule has 0 aromatic carbocycles. The average Bonchev–Trinajstić information content (AvgIpc) is 3.23. The smallest absolute Gasteiger partial charge is 0.285 e. The number of nitriles is 1. The second kappa shape index (κ2) is 10.1. The number of rotatable bonds is 6. The molecule has 2 aliphatic rings. The second-order valence-corrected chi connectivity index (χ2v) is 8.55. The van der Waals surface area contributed by atoms with Crippen molar-refractivity contribution in [2.75, 3.05) is 51.3 Å². The number of anilines is 2. The third kappa shape index (κ3) is 5.74. The third-order valence-electron chi connectivity index (χ3n) is 5.28. The fourth-order valence-electron chi connectivity index (χ4n) is 3.77. The molecular formula is C20H26N8O2S. The van der Waals surface area contributed by atoms with Crippen LogP contribution in [0.4, 0.5) is 10.9 Å². The lowest BCUT2D eigenvalue weighted by Crippen LogP contribution is -2.48. The third-order valence-corrected chi connectivity index (χ3v) is 6.04. The maximum absolute atomic E-state index is 12.4. The van der Waals surface area contributed by atoms with Gasteiger partial charge in [0.15, 0.2) is 5.13 Å². The van der Waals surface area contributed by atoms with Crippen LogP contribution in [0.1, 0.15) is 40.8 Å². The summed E-state index contributed by atoms with van der Waals surface area (Å²) < 4.78 is 5.29. The minimum absolute atomic E-state index is 0.203. The number of aryl methyl sites for hydroxylation is 1. The maximum atomic E-state index is 12.4. The molecule has 4 heterocycles. The van der Waals surface area contributed by atoms with Crippen LogP contribution in [-0.2, 0) is 4.74 Å². The van der Waals surface area contributed by atoms with Crippen LogP contribution in [-0.4, -0.2) is 76.7 Å². The van der Waals surface area contributed by atoms with Crippen molar-refractivity contribution in [3.8, 4) is 6.07 Å². The Hall–Kier alpha value is -2.65. The number of hydrogen-bond donors (Lipinski definition) is 2. The molecule has 2 saturated heterocycles. The van der Waals surface area contributed by atoms with Gasteiger partial charge in [-0.3, -0.25) is 15.1 Å². The van der Waals surface area contributed by atoms with E-state index in [-0.39, 0.29) is 11.8 Å². The molecule has 164 valence electrons. The van der Waals surface area contributed by atoms with Crippen molar-refractivity contribution >= 4 is 28.2 Å². The number of hydrazine groups is 1. The standard InChI is InChI=1S/C20H26N8O2S/c1-14-11-17(24-18(22-14)15-3-2-5-27(12-15)6-4-21)25-20-23-16(13-31-20)19(29)26-28-7-9-30-10-8-28/h11,13,15H,2-3,5-10,12H2,1H3,(H,26,29)(H,22,23,24,25)/t15-/m1/s1. The molecule has 2 aliphatic heterocycles. The van der Waals surface area contributed by atoms with Gasteiger partial charge in [0.1, 0.15) is 17.3 Å². The van der Waals surface area contributed by atoms with Crippen LogP contribution in [0.5, 0.6) is 0 Å². The fourth-order valence-corrected chi connectivity index (χ4v) is 4.47. The molecular weight excluding hydrogens is 416 g/mol. The minimum Gasteiger partial charge on any atom is -0.379 e. The quantitative estimate of drug-likeness (QED) is 0.644. The van der Waals surface area contributed by atoms with E-state index in [9.17, 15) is 4.79 Å². The molecule has 0 spiro atoms. The highest BCUT2D eigenvalue weighted by Gasteiger charge is 2.24. The van der Waals surface area contributed by atoms with Crippen LogP contribution in [0.2, 0.25) is 0 Å². The van der Waals surface area contributed by atoms with Crippen LogP contribution < -0.4 is 10.7 Å². The minimum atomic E-state index is -0.231. The summed E-state index contributed by atoms with van der Waals surface area (Å²) in [6, 6.07) is 4.10. The van der Waals surface area contributed by atoms with Crippen LogP contribution in [0, 0.1) is 18.3 Å². The number of likely N-dealkylation sites (tertiary alicyclic amines) is 1. The number of carbonyl (C=O) groups is 1. The van der Waals surface area contributed by atoms with Crippen molar-refractivity contribution in [2.45, 2.75) is 25.7 Å². The van der Waals surface area contributed by atoms with E-state index < -0.39 is 0 Å². The first-order chi connectivity index (χ1) is 15.1. The summed E-state index contributed by atoms with van der Waals surface area (Å²) in [6.07, 6.45) is 2.04. The number of thiazole rings is 1. The van der Waals surface area contributed by atoms with Gasteiger partial charge in [-0.2, -0.15) is 5.26 Å². The first-order valence-corrected chi connectivity index (χ1v) is 11.3. The molecule has 1 atom stereocenters. The maximum Gasteiger partial charge on any atom is 0.285 e. The average molecular weight is 443 g/mol. The van der Waals surface area contributed by atoms with Crippen molar-refractivity contribution in [3.63, 3.8) is 0 Å². The fraction of sp³-hybridized carbons (Fsp3) is 0.550. The zero-order valence-electron chi connectivity index (χ0n) is 17.5. The molecule has 0 radical (unpaired) electrons. The molecule has 1 amide bonds. The zero-order valence-corrected chi connectivity index (χ0v) is 18.3. The van der Waals surface area contributed by atoms with Crippen LogP contribution in [0.3, 0.4) is 0 Å². The van der Waals surface area contributed by atoms with E-state index in [1.54, 1.807) is 5.38 Å².